The zero-order valence-corrected chi connectivity index (χ0v) is 20.3. The van der Waals surface area contributed by atoms with Crippen LogP contribution < -0.4 is 10.6 Å². The van der Waals surface area contributed by atoms with Crippen molar-refractivity contribution in [3.63, 3.8) is 0 Å². The molecule has 0 fully saturated rings. The summed E-state index contributed by atoms with van der Waals surface area (Å²) in [5, 5.41) is 6.02. The van der Waals surface area contributed by atoms with E-state index >= 15 is 0 Å². The van der Waals surface area contributed by atoms with Gasteiger partial charge in [0.05, 0.1) is 23.9 Å². The van der Waals surface area contributed by atoms with Crippen molar-refractivity contribution >= 4 is 17.8 Å². The Kier molecular flexibility index (Phi) is 6.96. The quantitative estimate of drug-likeness (QED) is 0.683. The second-order valence-corrected chi connectivity index (χ2v) is 9.61. The predicted molar refractivity (Wildman–Crippen MR) is 125 cm³/mol. The van der Waals surface area contributed by atoms with Gasteiger partial charge in [-0.15, -0.1) is 0 Å². The van der Waals surface area contributed by atoms with Crippen LogP contribution in [0.5, 0.6) is 0 Å². The molecule has 2 atom stereocenters. The summed E-state index contributed by atoms with van der Waals surface area (Å²) >= 11 is 0. The van der Waals surface area contributed by atoms with E-state index in [0.29, 0.717) is 30.3 Å². The lowest BCUT2D eigenvalue weighted by molar-refractivity contribution is -0.138. The number of carbonyl (C=O) groups excluding carboxylic acids is 3. The van der Waals surface area contributed by atoms with E-state index in [4.69, 9.17) is 0 Å². The highest BCUT2D eigenvalue weighted by Gasteiger charge is 2.47. The fourth-order valence-electron chi connectivity index (χ4n) is 4.67. The minimum atomic E-state index is -0.597. The van der Waals surface area contributed by atoms with Gasteiger partial charge < -0.3 is 15.5 Å². The van der Waals surface area contributed by atoms with Crippen molar-refractivity contribution < 1.29 is 14.4 Å². The molecule has 7 heteroatoms. The minimum Gasteiger partial charge on any atom is -0.354 e. The highest BCUT2D eigenvalue weighted by atomic mass is 16.2. The smallest absolute Gasteiger partial charge is 0.322 e. The van der Waals surface area contributed by atoms with E-state index in [-0.39, 0.29) is 30.3 Å². The fraction of sp³-hybridized carbons (Fsp3) is 0.560. The second kappa shape index (κ2) is 9.35. The summed E-state index contributed by atoms with van der Waals surface area (Å²) < 4.78 is 0. The Balaban J connectivity index is 2.01. The Labute approximate surface area is 191 Å². The summed E-state index contributed by atoms with van der Waals surface area (Å²) in [5.74, 6) is -0.0708. The van der Waals surface area contributed by atoms with Gasteiger partial charge in [0, 0.05) is 13.1 Å². The number of hydrogen-bond donors (Lipinski definition) is 2. The Morgan fingerprint density at radius 3 is 2.44 bits per heavy atom. The van der Waals surface area contributed by atoms with Gasteiger partial charge in [0.1, 0.15) is 6.04 Å². The molecule has 7 nitrogen and oxygen atoms in total. The molecule has 2 N–H and O–H groups in total. The lowest BCUT2D eigenvalue weighted by atomic mass is 9.91. The Morgan fingerprint density at radius 1 is 1.19 bits per heavy atom. The molecule has 2 aliphatic heterocycles. The molecule has 0 saturated carbocycles. The third kappa shape index (κ3) is 4.38. The number of hydrogen-bond acceptors (Lipinski definition) is 3. The summed E-state index contributed by atoms with van der Waals surface area (Å²) in [6.07, 6.45) is 0. The van der Waals surface area contributed by atoms with Crippen LogP contribution in [0.25, 0.3) is 0 Å². The van der Waals surface area contributed by atoms with E-state index in [1.54, 1.807) is 9.80 Å². The first-order valence-electron chi connectivity index (χ1n) is 11.5. The Morgan fingerprint density at radius 2 is 1.88 bits per heavy atom. The van der Waals surface area contributed by atoms with Crippen LogP contribution in [-0.2, 0) is 9.59 Å². The second-order valence-electron chi connectivity index (χ2n) is 9.61. The van der Waals surface area contributed by atoms with Gasteiger partial charge in [0.25, 0.3) is 5.91 Å². The molecule has 1 aromatic rings. The number of nitrogens with one attached hydrogen (secondary N) is 2. The zero-order chi connectivity index (χ0) is 23.7. The van der Waals surface area contributed by atoms with Crippen LogP contribution in [0, 0.1) is 25.7 Å². The van der Waals surface area contributed by atoms with Gasteiger partial charge in [-0.05, 0) is 43.7 Å². The number of rotatable bonds is 7. The number of amides is 4. The first-order chi connectivity index (χ1) is 15.1. The molecule has 0 unspecified atom stereocenters. The molecule has 174 valence electrons. The molecule has 0 radical (unpaired) electrons. The summed E-state index contributed by atoms with van der Waals surface area (Å²) in [7, 11) is 0. The maximum absolute atomic E-state index is 13.8. The van der Waals surface area contributed by atoms with Gasteiger partial charge in [0.2, 0.25) is 5.91 Å². The SMILES string of the molecule is CCN1C(=O)N[C@H](c2ccc(C)cc2C)C2=C1CN([C@@H](C(=O)NCC(C)C)C(C)C)C2=O. The van der Waals surface area contributed by atoms with Crippen molar-refractivity contribution in [1.29, 1.82) is 0 Å². The van der Waals surface area contributed by atoms with Crippen LogP contribution in [0.1, 0.15) is 57.4 Å². The van der Waals surface area contributed by atoms with E-state index in [9.17, 15) is 14.4 Å². The first-order valence-corrected chi connectivity index (χ1v) is 11.5. The summed E-state index contributed by atoms with van der Waals surface area (Å²) in [6.45, 7) is 15.2. The minimum absolute atomic E-state index is 0.0641. The molecule has 0 bridgehead atoms. The third-order valence-electron chi connectivity index (χ3n) is 6.22. The van der Waals surface area contributed by atoms with Crippen molar-refractivity contribution in [2.45, 2.75) is 60.5 Å². The summed E-state index contributed by atoms with van der Waals surface area (Å²) in [4.78, 5) is 43.0. The highest BCUT2D eigenvalue weighted by Crippen LogP contribution is 2.38. The molecule has 0 aromatic heterocycles. The van der Waals surface area contributed by atoms with Crippen molar-refractivity contribution in [3.05, 3.63) is 46.2 Å². The van der Waals surface area contributed by atoms with Gasteiger partial charge in [-0.3, -0.25) is 14.5 Å². The summed E-state index contributed by atoms with van der Waals surface area (Å²) in [6, 6.07) is 4.70. The maximum atomic E-state index is 13.8. The van der Waals surface area contributed by atoms with E-state index in [1.807, 2.05) is 60.6 Å². The largest absolute Gasteiger partial charge is 0.354 e. The lowest BCUT2D eigenvalue weighted by Gasteiger charge is -2.33. The predicted octanol–water partition coefficient (Wildman–Crippen LogP) is 3.28. The standard InChI is InChI=1S/C25H36N4O3/c1-8-28-19-13-29(22(15(4)5)23(30)26-12-14(2)3)24(31)20(19)21(27-25(28)32)18-10-9-16(6)11-17(18)7/h9-11,14-15,21-22H,8,12-13H2,1-7H3,(H,26,30)(H,27,32)/t21-,22-/m1/s1. The molecule has 0 spiro atoms. The van der Waals surface area contributed by atoms with Crippen molar-refractivity contribution in [2.24, 2.45) is 11.8 Å². The third-order valence-corrected chi connectivity index (χ3v) is 6.22. The molecule has 4 amide bonds. The number of aryl methyl sites for hydroxylation is 2. The fourth-order valence-corrected chi connectivity index (χ4v) is 4.67. The molecular formula is C25H36N4O3. The van der Waals surface area contributed by atoms with E-state index in [0.717, 1.165) is 16.7 Å². The molecule has 32 heavy (non-hydrogen) atoms. The molecule has 3 rings (SSSR count). The first kappa shape index (κ1) is 23.8. The number of urea groups is 1. The van der Waals surface area contributed by atoms with E-state index < -0.39 is 12.1 Å². The van der Waals surface area contributed by atoms with Crippen molar-refractivity contribution in [3.8, 4) is 0 Å². The van der Waals surface area contributed by atoms with E-state index in [2.05, 4.69) is 16.7 Å². The normalized spacial score (nSPS) is 19.6. The molecule has 0 saturated heterocycles. The monoisotopic (exact) mass is 440 g/mol. The van der Waals surface area contributed by atoms with Crippen LogP contribution in [-0.4, -0.2) is 53.3 Å². The van der Waals surface area contributed by atoms with Crippen LogP contribution >= 0.6 is 0 Å². The molecular weight excluding hydrogens is 404 g/mol. The van der Waals surface area contributed by atoms with E-state index in [1.165, 1.54) is 0 Å². The average Bonchev–Trinajstić information content (AvgIpc) is 3.02. The van der Waals surface area contributed by atoms with Gasteiger partial charge in [-0.2, -0.15) is 0 Å². The number of nitrogens with zero attached hydrogens (tertiary/aromatic N) is 2. The molecule has 2 aliphatic rings. The van der Waals surface area contributed by atoms with Gasteiger partial charge in [-0.25, -0.2) is 4.79 Å². The Hall–Kier alpha value is -2.83. The Bertz CT molecular complexity index is 951. The van der Waals surface area contributed by atoms with Gasteiger partial charge >= 0.3 is 6.03 Å². The van der Waals surface area contributed by atoms with Crippen LogP contribution in [0.3, 0.4) is 0 Å². The highest BCUT2D eigenvalue weighted by molar-refractivity contribution is 6.03. The molecule has 0 aliphatic carbocycles. The van der Waals surface area contributed by atoms with Crippen molar-refractivity contribution in [1.82, 2.24) is 20.4 Å². The zero-order valence-electron chi connectivity index (χ0n) is 20.3. The topological polar surface area (TPSA) is 81.8 Å². The van der Waals surface area contributed by atoms with Crippen LogP contribution in [0.2, 0.25) is 0 Å². The summed E-state index contributed by atoms with van der Waals surface area (Å²) in [5.41, 5.74) is 4.33. The molecule has 1 aromatic carbocycles. The average molecular weight is 441 g/mol. The number of likely N-dealkylation sites (N-methyl/N-ethyl adjacent to an activating group) is 1. The van der Waals surface area contributed by atoms with Crippen LogP contribution in [0.15, 0.2) is 29.5 Å². The van der Waals surface area contributed by atoms with Gasteiger partial charge in [-0.1, -0.05) is 51.5 Å². The molecule has 2 heterocycles. The van der Waals surface area contributed by atoms with Crippen molar-refractivity contribution in [2.75, 3.05) is 19.6 Å². The van der Waals surface area contributed by atoms with Gasteiger partial charge in [0.15, 0.2) is 0 Å². The maximum Gasteiger partial charge on any atom is 0.322 e. The van der Waals surface area contributed by atoms with Crippen LogP contribution in [0.4, 0.5) is 4.79 Å². The number of carbonyl (C=O) groups is 3. The lowest BCUT2D eigenvalue weighted by Crippen LogP contribution is -2.52. The number of benzene rings is 1.